The van der Waals surface area contributed by atoms with E-state index < -0.39 is 0 Å². The van der Waals surface area contributed by atoms with Crippen molar-refractivity contribution in [2.75, 3.05) is 7.11 Å². The molecule has 3 rings (SSSR count). The quantitative estimate of drug-likeness (QED) is 0.783. The Labute approximate surface area is 128 Å². The highest BCUT2D eigenvalue weighted by Crippen LogP contribution is 2.21. The molecule has 1 N–H and O–H groups in total. The number of ether oxygens (including phenoxy) is 1. The topological polar surface area (TPSA) is 38.6 Å². The summed E-state index contributed by atoms with van der Waals surface area (Å²) in [6.45, 7) is 5.02. The molecular formula is C16H19N3OS. The minimum absolute atomic E-state index is 0.253. The van der Waals surface area contributed by atoms with Gasteiger partial charge < -0.3 is 10.1 Å². The largest absolute Gasteiger partial charge is 0.497 e. The summed E-state index contributed by atoms with van der Waals surface area (Å²) < 4.78 is 7.44. The van der Waals surface area contributed by atoms with Crippen molar-refractivity contribution in [3.05, 3.63) is 52.8 Å². The van der Waals surface area contributed by atoms with Gasteiger partial charge in [0.1, 0.15) is 5.75 Å². The Morgan fingerprint density at radius 2 is 2.29 bits per heavy atom. The molecule has 0 amide bonds. The van der Waals surface area contributed by atoms with E-state index in [1.165, 1.54) is 11.3 Å². The van der Waals surface area contributed by atoms with Gasteiger partial charge in [-0.3, -0.25) is 4.40 Å². The van der Waals surface area contributed by atoms with E-state index in [2.05, 4.69) is 52.3 Å². The number of imidazole rings is 1. The fourth-order valence-electron chi connectivity index (χ4n) is 2.43. The minimum atomic E-state index is 0.253. The van der Waals surface area contributed by atoms with Gasteiger partial charge in [0.05, 0.1) is 18.5 Å². The third-order valence-corrected chi connectivity index (χ3v) is 4.49. The zero-order valence-corrected chi connectivity index (χ0v) is 13.3. The van der Waals surface area contributed by atoms with E-state index in [0.29, 0.717) is 0 Å². The van der Waals surface area contributed by atoms with Crippen LogP contribution in [0.25, 0.3) is 4.96 Å². The maximum Gasteiger partial charge on any atom is 0.194 e. The predicted molar refractivity (Wildman–Crippen MR) is 86.1 cm³/mol. The molecule has 110 valence electrons. The molecule has 0 saturated carbocycles. The molecule has 0 fully saturated rings. The number of nitrogens with one attached hydrogen (secondary N) is 1. The maximum absolute atomic E-state index is 5.28. The van der Waals surface area contributed by atoms with Crippen LogP contribution in [0.2, 0.25) is 0 Å². The lowest BCUT2D eigenvalue weighted by Crippen LogP contribution is -2.19. The summed E-state index contributed by atoms with van der Waals surface area (Å²) in [5, 5.41) is 5.63. The number of aromatic nitrogens is 2. The SMILES string of the molecule is COc1cccc([C@@H](C)NCc2c(C)nc3sccn23)c1. The number of benzene rings is 1. The second-order valence-electron chi connectivity index (χ2n) is 5.08. The van der Waals surface area contributed by atoms with Crippen molar-refractivity contribution in [3.63, 3.8) is 0 Å². The van der Waals surface area contributed by atoms with Crippen molar-refractivity contribution < 1.29 is 4.74 Å². The number of nitrogens with zero attached hydrogens (tertiary/aromatic N) is 2. The molecule has 1 aromatic carbocycles. The molecule has 0 aliphatic rings. The van der Waals surface area contributed by atoms with Crippen LogP contribution in [0.5, 0.6) is 5.75 Å². The monoisotopic (exact) mass is 301 g/mol. The highest BCUT2D eigenvalue weighted by molar-refractivity contribution is 7.15. The van der Waals surface area contributed by atoms with E-state index in [9.17, 15) is 0 Å². The Hall–Kier alpha value is -1.85. The molecule has 0 saturated heterocycles. The van der Waals surface area contributed by atoms with E-state index in [-0.39, 0.29) is 6.04 Å². The summed E-state index contributed by atoms with van der Waals surface area (Å²) in [4.78, 5) is 5.63. The highest BCUT2D eigenvalue weighted by atomic mass is 32.1. The Morgan fingerprint density at radius 1 is 1.43 bits per heavy atom. The molecule has 0 aliphatic heterocycles. The van der Waals surface area contributed by atoms with Crippen molar-refractivity contribution in [1.82, 2.24) is 14.7 Å². The van der Waals surface area contributed by atoms with Crippen LogP contribution >= 0.6 is 11.3 Å². The van der Waals surface area contributed by atoms with Crippen LogP contribution < -0.4 is 10.1 Å². The Morgan fingerprint density at radius 3 is 3.10 bits per heavy atom. The lowest BCUT2D eigenvalue weighted by Gasteiger charge is -2.15. The normalized spacial score (nSPS) is 12.7. The first-order valence-corrected chi connectivity index (χ1v) is 7.85. The first kappa shape index (κ1) is 14.1. The second kappa shape index (κ2) is 5.87. The minimum Gasteiger partial charge on any atom is -0.497 e. The molecule has 0 spiro atoms. The van der Waals surface area contributed by atoms with Crippen LogP contribution in [0.3, 0.4) is 0 Å². The van der Waals surface area contributed by atoms with Gasteiger partial charge in [-0.05, 0) is 31.5 Å². The van der Waals surface area contributed by atoms with Gasteiger partial charge in [-0.15, -0.1) is 11.3 Å². The van der Waals surface area contributed by atoms with Gasteiger partial charge in [-0.1, -0.05) is 12.1 Å². The Kier molecular flexibility index (Phi) is 3.94. The summed E-state index contributed by atoms with van der Waals surface area (Å²) in [5.74, 6) is 0.891. The van der Waals surface area contributed by atoms with Crippen LogP contribution in [-0.4, -0.2) is 16.5 Å². The Bertz CT molecular complexity index is 747. The van der Waals surface area contributed by atoms with Gasteiger partial charge in [0.25, 0.3) is 0 Å². The molecule has 5 heteroatoms. The first-order valence-electron chi connectivity index (χ1n) is 6.97. The fraction of sp³-hybridized carbons (Fsp3) is 0.312. The average Bonchev–Trinajstić information content (AvgIpc) is 3.05. The number of hydrogen-bond acceptors (Lipinski definition) is 4. The number of hydrogen-bond donors (Lipinski definition) is 1. The lowest BCUT2D eigenvalue weighted by atomic mass is 10.1. The summed E-state index contributed by atoms with van der Waals surface area (Å²) in [6, 6.07) is 8.42. The van der Waals surface area contributed by atoms with Crippen molar-refractivity contribution in [1.29, 1.82) is 0 Å². The predicted octanol–water partition coefficient (Wildman–Crippen LogP) is 3.56. The molecule has 0 aliphatic carbocycles. The molecule has 1 atom stereocenters. The molecule has 2 aromatic heterocycles. The molecule has 21 heavy (non-hydrogen) atoms. The first-order chi connectivity index (χ1) is 10.2. The summed E-state index contributed by atoms with van der Waals surface area (Å²) >= 11 is 1.67. The summed E-state index contributed by atoms with van der Waals surface area (Å²) in [7, 11) is 1.69. The molecule has 0 unspecified atom stereocenters. The van der Waals surface area contributed by atoms with Gasteiger partial charge in [-0.2, -0.15) is 0 Å². The maximum atomic E-state index is 5.28. The number of methoxy groups -OCH3 is 1. The molecule has 0 radical (unpaired) electrons. The van der Waals surface area contributed by atoms with Crippen molar-refractivity contribution in [3.8, 4) is 5.75 Å². The third kappa shape index (κ3) is 2.80. The zero-order chi connectivity index (χ0) is 14.8. The van der Waals surface area contributed by atoms with E-state index in [4.69, 9.17) is 4.74 Å². The summed E-state index contributed by atoms with van der Waals surface area (Å²) in [5.41, 5.74) is 3.53. The van der Waals surface area contributed by atoms with E-state index in [0.717, 1.165) is 22.9 Å². The molecule has 4 nitrogen and oxygen atoms in total. The Balaban J connectivity index is 1.74. The second-order valence-corrected chi connectivity index (χ2v) is 5.95. The fourth-order valence-corrected chi connectivity index (χ4v) is 3.21. The zero-order valence-electron chi connectivity index (χ0n) is 12.5. The van der Waals surface area contributed by atoms with E-state index in [1.54, 1.807) is 18.4 Å². The number of aryl methyl sites for hydroxylation is 1. The molecular weight excluding hydrogens is 282 g/mol. The standard InChI is InChI=1S/C16H19N3OS/c1-11(13-5-4-6-14(9-13)20-3)17-10-15-12(2)18-16-19(15)7-8-21-16/h4-9,11,17H,10H2,1-3H3/t11-/m1/s1. The van der Waals surface area contributed by atoms with Crippen molar-refractivity contribution >= 4 is 16.3 Å². The van der Waals surface area contributed by atoms with Crippen molar-refractivity contribution in [2.45, 2.75) is 26.4 Å². The van der Waals surface area contributed by atoms with E-state index in [1.807, 2.05) is 12.1 Å². The van der Waals surface area contributed by atoms with Gasteiger partial charge >= 0.3 is 0 Å². The number of rotatable bonds is 5. The van der Waals surface area contributed by atoms with Gasteiger partial charge in [0.15, 0.2) is 4.96 Å². The summed E-state index contributed by atoms with van der Waals surface area (Å²) in [6.07, 6.45) is 2.08. The third-order valence-electron chi connectivity index (χ3n) is 3.73. The van der Waals surface area contributed by atoms with Crippen LogP contribution in [-0.2, 0) is 6.54 Å². The average molecular weight is 301 g/mol. The molecule has 3 aromatic rings. The van der Waals surface area contributed by atoms with Crippen LogP contribution in [0, 0.1) is 6.92 Å². The van der Waals surface area contributed by atoms with Crippen LogP contribution in [0.1, 0.15) is 29.9 Å². The van der Waals surface area contributed by atoms with Crippen molar-refractivity contribution in [2.24, 2.45) is 0 Å². The number of thiazole rings is 1. The smallest absolute Gasteiger partial charge is 0.194 e. The van der Waals surface area contributed by atoms with Crippen LogP contribution in [0.4, 0.5) is 0 Å². The lowest BCUT2D eigenvalue weighted by molar-refractivity contribution is 0.413. The van der Waals surface area contributed by atoms with Gasteiger partial charge in [0, 0.05) is 24.2 Å². The van der Waals surface area contributed by atoms with E-state index >= 15 is 0 Å². The van der Waals surface area contributed by atoms with Gasteiger partial charge in [-0.25, -0.2) is 4.98 Å². The van der Waals surface area contributed by atoms with Crippen LogP contribution in [0.15, 0.2) is 35.8 Å². The molecule has 0 bridgehead atoms. The number of fused-ring (bicyclic) bond motifs is 1. The van der Waals surface area contributed by atoms with Gasteiger partial charge in [0.2, 0.25) is 0 Å². The molecule has 2 heterocycles. The highest BCUT2D eigenvalue weighted by Gasteiger charge is 2.11.